The lowest BCUT2D eigenvalue weighted by Gasteiger charge is -2.29. The molecule has 0 aromatic carbocycles. The maximum absolute atomic E-state index is 12.5. The largest absolute Gasteiger partial charge is 0.330 e. The molecule has 0 spiro atoms. The van der Waals surface area contributed by atoms with Crippen LogP contribution in [-0.4, -0.2) is 27.3 Å². The number of Topliss-reactive ketones (excluding diaryl/α,β-unsaturated/α-hetero) is 1. The fourth-order valence-electron chi connectivity index (χ4n) is 2.60. The van der Waals surface area contributed by atoms with Crippen molar-refractivity contribution in [3.8, 4) is 0 Å². The lowest BCUT2D eigenvalue weighted by molar-refractivity contribution is 0.0818. The molecule has 0 aliphatic heterocycles. The minimum absolute atomic E-state index is 0.0299. The van der Waals surface area contributed by atoms with Gasteiger partial charge in [0.05, 0.1) is 0 Å². The van der Waals surface area contributed by atoms with Crippen molar-refractivity contribution in [2.24, 2.45) is 24.6 Å². The quantitative estimate of drug-likeness (QED) is 0.859. The van der Waals surface area contributed by atoms with E-state index in [0.29, 0.717) is 22.8 Å². The molecule has 2 unspecified atom stereocenters. The monoisotopic (exact) mass is 300 g/mol. The fourth-order valence-corrected chi connectivity index (χ4v) is 3.13. The number of hydrogen-bond acceptors (Lipinski definition) is 4. The summed E-state index contributed by atoms with van der Waals surface area (Å²) < 4.78 is 2.07. The molecule has 6 heteroatoms. The zero-order valence-corrected chi connectivity index (χ0v) is 11.5. The second-order valence-corrected chi connectivity index (χ2v) is 5.35. The van der Waals surface area contributed by atoms with E-state index < -0.39 is 0 Å². The van der Waals surface area contributed by atoms with Crippen molar-refractivity contribution in [1.82, 2.24) is 15.0 Å². The Balaban J connectivity index is 2.24. The Bertz CT molecular complexity index is 398. The number of rotatable bonds is 3. The zero-order valence-electron chi connectivity index (χ0n) is 9.90. The van der Waals surface area contributed by atoms with Crippen molar-refractivity contribution in [3.63, 3.8) is 0 Å². The third kappa shape index (κ3) is 2.42. The third-order valence-corrected chi connectivity index (χ3v) is 4.10. The van der Waals surface area contributed by atoms with E-state index in [9.17, 15) is 4.79 Å². The van der Waals surface area contributed by atoms with Crippen LogP contribution in [-0.2, 0) is 7.05 Å². The van der Waals surface area contributed by atoms with Crippen molar-refractivity contribution in [1.29, 1.82) is 0 Å². The van der Waals surface area contributed by atoms with Crippen molar-refractivity contribution in [2.45, 2.75) is 25.7 Å². The summed E-state index contributed by atoms with van der Waals surface area (Å²) in [7, 11) is 1.74. The predicted octanol–water partition coefficient (Wildman–Crippen LogP) is 1.53. The van der Waals surface area contributed by atoms with Gasteiger partial charge in [0, 0.05) is 13.0 Å². The van der Waals surface area contributed by atoms with E-state index in [4.69, 9.17) is 5.73 Å². The average Bonchev–Trinajstić information content (AvgIpc) is 2.68. The highest BCUT2D eigenvalue weighted by Gasteiger charge is 2.33. The van der Waals surface area contributed by atoms with Crippen LogP contribution in [0, 0.1) is 11.8 Å². The van der Waals surface area contributed by atoms with Gasteiger partial charge in [-0.1, -0.05) is 18.1 Å². The van der Waals surface area contributed by atoms with E-state index in [1.807, 2.05) is 0 Å². The number of nitrogens with two attached hydrogens (primary N) is 1. The molecular formula is C11H17BrN4O. The standard InChI is InChI=1S/C11H17BrN4O/c1-16-9(11(12)14-15-16)10(17)8-5-3-2-4-7(8)6-13/h7-8H,2-6,13H2,1H3. The lowest BCUT2D eigenvalue weighted by Crippen LogP contribution is -2.33. The summed E-state index contributed by atoms with van der Waals surface area (Å²) in [6.45, 7) is 0.583. The van der Waals surface area contributed by atoms with E-state index in [1.165, 1.54) is 11.1 Å². The Kier molecular flexibility index (Phi) is 3.93. The van der Waals surface area contributed by atoms with Gasteiger partial charge in [-0.25, -0.2) is 4.68 Å². The highest BCUT2D eigenvalue weighted by molar-refractivity contribution is 9.10. The summed E-state index contributed by atoms with van der Waals surface area (Å²) in [5, 5.41) is 7.71. The third-order valence-electron chi connectivity index (χ3n) is 3.57. The number of nitrogens with zero attached hydrogens (tertiary/aromatic N) is 3. The van der Waals surface area contributed by atoms with Gasteiger partial charge in [-0.3, -0.25) is 4.79 Å². The van der Waals surface area contributed by atoms with Gasteiger partial charge in [-0.2, -0.15) is 0 Å². The Morgan fingerprint density at radius 1 is 1.53 bits per heavy atom. The maximum atomic E-state index is 12.5. The summed E-state index contributed by atoms with van der Waals surface area (Å²) in [6, 6.07) is 0. The number of carbonyl (C=O) groups excluding carboxylic acids is 1. The zero-order chi connectivity index (χ0) is 12.4. The Morgan fingerprint density at radius 3 is 2.82 bits per heavy atom. The fraction of sp³-hybridized carbons (Fsp3) is 0.727. The first-order valence-electron chi connectivity index (χ1n) is 5.94. The van der Waals surface area contributed by atoms with Crippen molar-refractivity contribution < 1.29 is 4.79 Å². The average molecular weight is 301 g/mol. The smallest absolute Gasteiger partial charge is 0.187 e. The molecule has 2 atom stereocenters. The summed E-state index contributed by atoms with van der Waals surface area (Å²) >= 11 is 3.28. The normalized spacial score (nSPS) is 24.9. The van der Waals surface area contributed by atoms with Crippen LogP contribution >= 0.6 is 15.9 Å². The molecule has 17 heavy (non-hydrogen) atoms. The maximum Gasteiger partial charge on any atom is 0.187 e. The number of carbonyl (C=O) groups is 1. The van der Waals surface area contributed by atoms with Crippen LogP contribution < -0.4 is 5.73 Å². The van der Waals surface area contributed by atoms with E-state index in [-0.39, 0.29) is 11.7 Å². The highest BCUT2D eigenvalue weighted by Crippen LogP contribution is 2.32. The van der Waals surface area contributed by atoms with Gasteiger partial charge in [0.1, 0.15) is 5.69 Å². The van der Waals surface area contributed by atoms with E-state index in [1.54, 1.807) is 7.05 Å². The van der Waals surface area contributed by atoms with Gasteiger partial charge in [0.25, 0.3) is 0 Å². The second kappa shape index (κ2) is 5.27. The minimum atomic E-state index is 0.0299. The first-order valence-corrected chi connectivity index (χ1v) is 6.74. The second-order valence-electron chi connectivity index (χ2n) is 4.60. The number of halogens is 1. The molecule has 1 aromatic heterocycles. The summed E-state index contributed by atoms with van der Waals surface area (Å²) in [6.07, 6.45) is 4.26. The van der Waals surface area contributed by atoms with Crippen LogP contribution in [0.25, 0.3) is 0 Å². The van der Waals surface area contributed by atoms with Gasteiger partial charge < -0.3 is 5.73 Å². The minimum Gasteiger partial charge on any atom is -0.330 e. The summed E-state index contributed by atoms with van der Waals surface area (Å²) in [4.78, 5) is 12.5. The van der Waals surface area contributed by atoms with Crippen LogP contribution in [0.5, 0.6) is 0 Å². The molecule has 1 heterocycles. The van der Waals surface area contributed by atoms with Crippen LogP contribution in [0.15, 0.2) is 4.60 Å². The van der Waals surface area contributed by atoms with Crippen LogP contribution in [0.4, 0.5) is 0 Å². The number of ketones is 1. The summed E-state index contributed by atoms with van der Waals surface area (Å²) in [5.41, 5.74) is 6.32. The van der Waals surface area contributed by atoms with E-state index in [2.05, 4.69) is 26.2 Å². The van der Waals surface area contributed by atoms with Gasteiger partial charge in [-0.15, -0.1) is 5.10 Å². The van der Waals surface area contributed by atoms with Crippen molar-refractivity contribution in [2.75, 3.05) is 6.54 Å². The number of aryl methyl sites for hydroxylation is 1. The molecule has 0 bridgehead atoms. The molecule has 94 valence electrons. The molecule has 1 aliphatic rings. The van der Waals surface area contributed by atoms with Gasteiger partial charge in [-0.05, 0) is 41.2 Å². The molecular weight excluding hydrogens is 284 g/mol. The van der Waals surface area contributed by atoms with Gasteiger partial charge in [0.15, 0.2) is 10.4 Å². The van der Waals surface area contributed by atoms with Crippen molar-refractivity contribution in [3.05, 3.63) is 10.3 Å². The Morgan fingerprint density at radius 2 is 2.24 bits per heavy atom. The van der Waals surface area contributed by atoms with Crippen molar-refractivity contribution >= 4 is 21.7 Å². The predicted molar refractivity (Wildman–Crippen MR) is 67.5 cm³/mol. The van der Waals surface area contributed by atoms with Crippen LogP contribution in [0.3, 0.4) is 0 Å². The lowest BCUT2D eigenvalue weighted by atomic mass is 9.76. The topological polar surface area (TPSA) is 73.8 Å². The number of hydrogen-bond donors (Lipinski definition) is 1. The summed E-state index contributed by atoms with van der Waals surface area (Å²) in [5.74, 6) is 0.458. The molecule has 1 aromatic rings. The SMILES string of the molecule is Cn1nnc(Br)c1C(=O)C1CCCCC1CN. The van der Waals surface area contributed by atoms with Crippen LogP contribution in [0.1, 0.15) is 36.2 Å². The molecule has 2 N–H and O–H groups in total. The van der Waals surface area contributed by atoms with Gasteiger partial charge in [0.2, 0.25) is 0 Å². The molecule has 1 saturated carbocycles. The van der Waals surface area contributed by atoms with Crippen LogP contribution in [0.2, 0.25) is 0 Å². The first kappa shape index (κ1) is 12.7. The molecule has 5 nitrogen and oxygen atoms in total. The molecule has 0 amide bonds. The molecule has 1 fully saturated rings. The molecule has 2 rings (SSSR count). The Labute approximate surface area is 109 Å². The van der Waals surface area contributed by atoms with E-state index in [0.717, 1.165) is 19.3 Å². The molecule has 0 radical (unpaired) electrons. The highest BCUT2D eigenvalue weighted by atomic mass is 79.9. The molecule has 0 saturated heterocycles. The first-order chi connectivity index (χ1) is 8.15. The van der Waals surface area contributed by atoms with E-state index >= 15 is 0 Å². The number of aromatic nitrogens is 3. The molecule has 1 aliphatic carbocycles. The Hall–Kier alpha value is -0.750. The van der Waals surface area contributed by atoms with Gasteiger partial charge >= 0.3 is 0 Å².